The highest BCUT2D eigenvalue weighted by atomic mass is 32.2. The summed E-state index contributed by atoms with van der Waals surface area (Å²) in [6.07, 6.45) is 0. The zero-order chi connectivity index (χ0) is 25.5. The van der Waals surface area contributed by atoms with Crippen molar-refractivity contribution in [3.05, 3.63) is 71.1 Å². The minimum Gasteiger partial charge on any atom is -0.282 e. The highest BCUT2D eigenvalue weighted by Gasteiger charge is 2.24. The molecule has 2 aromatic heterocycles. The van der Waals surface area contributed by atoms with Crippen molar-refractivity contribution < 1.29 is 22.0 Å². The number of rotatable bonds is 7. The molecule has 0 atom stereocenters. The zero-order valence-electron chi connectivity index (χ0n) is 19.5. The Morgan fingerprint density at radius 2 is 1.77 bits per heavy atom. The maximum Gasteiger partial charge on any atom is 0.260 e. The van der Waals surface area contributed by atoms with Crippen molar-refractivity contribution >= 4 is 42.6 Å². The van der Waals surface area contributed by atoms with E-state index in [0.717, 1.165) is 33.1 Å². The number of sulfonamides is 1. The summed E-state index contributed by atoms with van der Waals surface area (Å²) in [7, 11) is -0.816. The second-order valence-electron chi connectivity index (χ2n) is 8.15. The van der Waals surface area contributed by atoms with Gasteiger partial charge in [-0.2, -0.15) is 5.10 Å². The van der Waals surface area contributed by atoms with E-state index in [1.165, 1.54) is 49.3 Å². The topological polar surface area (TPSA) is 88.4 Å². The largest absolute Gasteiger partial charge is 0.282 e. The molecule has 0 aliphatic heterocycles. The molecule has 1 amide bonds. The first-order valence-electron chi connectivity index (χ1n) is 10.6. The standard InChI is InChI=1S/C23H23F2N5O3S2/c1-14-11-15(2)30(27-14)10-9-29(23-26-21-19(25)12-17(24)13-20(21)34-23)22(31)16-5-7-18(8-6-16)35(32,33)28(3)4/h5-8,11-13H,9-10H2,1-4H3. The lowest BCUT2D eigenvalue weighted by Gasteiger charge is -2.20. The number of carbonyl (C=O) groups excluding carboxylic acids is 1. The molecule has 4 aromatic rings. The molecule has 8 nitrogen and oxygen atoms in total. The number of hydrogen-bond donors (Lipinski definition) is 0. The first-order valence-corrected chi connectivity index (χ1v) is 12.8. The van der Waals surface area contributed by atoms with Gasteiger partial charge in [0.1, 0.15) is 11.3 Å². The van der Waals surface area contributed by atoms with Crippen LogP contribution in [-0.2, 0) is 16.6 Å². The summed E-state index contributed by atoms with van der Waals surface area (Å²) in [6, 6.07) is 9.38. The summed E-state index contributed by atoms with van der Waals surface area (Å²) in [5.41, 5.74) is 1.94. The summed E-state index contributed by atoms with van der Waals surface area (Å²) in [6.45, 7) is 4.25. The van der Waals surface area contributed by atoms with Gasteiger partial charge in [0, 0.05) is 38.0 Å². The fourth-order valence-corrected chi connectivity index (χ4v) is 5.51. The van der Waals surface area contributed by atoms with Crippen LogP contribution >= 0.6 is 11.3 Å². The van der Waals surface area contributed by atoms with Gasteiger partial charge in [0.05, 0.1) is 21.8 Å². The van der Waals surface area contributed by atoms with E-state index in [1.807, 2.05) is 19.9 Å². The van der Waals surface area contributed by atoms with Crippen molar-refractivity contribution in [2.45, 2.75) is 25.3 Å². The van der Waals surface area contributed by atoms with Crippen LogP contribution in [0.1, 0.15) is 21.7 Å². The van der Waals surface area contributed by atoms with Gasteiger partial charge >= 0.3 is 0 Å². The Hall–Kier alpha value is -3.22. The minimum atomic E-state index is -3.66. The summed E-state index contributed by atoms with van der Waals surface area (Å²) < 4.78 is 55.9. The molecule has 4 rings (SSSR count). The summed E-state index contributed by atoms with van der Waals surface area (Å²) in [4.78, 5) is 19.2. The molecule has 0 N–H and O–H groups in total. The van der Waals surface area contributed by atoms with Crippen molar-refractivity contribution in [2.75, 3.05) is 25.5 Å². The van der Waals surface area contributed by atoms with E-state index in [4.69, 9.17) is 0 Å². The third kappa shape index (κ3) is 4.95. The van der Waals surface area contributed by atoms with Gasteiger partial charge in [-0.3, -0.25) is 14.4 Å². The number of fused-ring (bicyclic) bond motifs is 1. The number of aromatic nitrogens is 3. The first-order chi connectivity index (χ1) is 16.5. The Balaban J connectivity index is 1.71. The second-order valence-corrected chi connectivity index (χ2v) is 11.3. The first kappa shape index (κ1) is 24.9. The van der Waals surface area contributed by atoms with E-state index in [1.54, 1.807) is 4.68 Å². The molecule has 0 bridgehead atoms. The number of benzene rings is 2. The molecule has 2 heterocycles. The predicted molar refractivity (Wildman–Crippen MR) is 130 cm³/mol. The fraction of sp³-hybridized carbons (Fsp3) is 0.261. The number of halogens is 2. The van der Waals surface area contributed by atoms with Crippen LogP contribution in [0.5, 0.6) is 0 Å². The molecule has 0 spiro atoms. The third-order valence-electron chi connectivity index (χ3n) is 5.40. The van der Waals surface area contributed by atoms with Crippen LogP contribution in [0.15, 0.2) is 47.4 Å². The lowest BCUT2D eigenvalue weighted by Crippen LogP contribution is -2.34. The normalized spacial score (nSPS) is 12.0. The molecular weight excluding hydrogens is 496 g/mol. The molecule has 0 saturated heterocycles. The van der Waals surface area contributed by atoms with Gasteiger partial charge < -0.3 is 0 Å². The SMILES string of the molecule is Cc1cc(C)n(CCN(C(=O)c2ccc(S(=O)(=O)N(C)C)cc2)c2nc3c(F)cc(F)cc3s2)n1. The second kappa shape index (κ2) is 9.44. The van der Waals surface area contributed by atoms with Crippen LogP contribution < -0.4 is 4.90 Å². The minimum absolute atomic E-state index is 0.0252. The van der Waals surface area contributed by atoms with Crippen LogP contribution in [0.2, 0.25) is 0 Å². The van der Waals surface area contributed by atoms with Gasteiger partial charge in [0.15, 0.2) is 10.9 Å². The zero-order valence-corrected chi connectivity index (χ0v) is 21.1. The maximum absolute atomic E-state index is 14.3. The Kier molecular flexibility index (Phi) is 6.71. The van der Waals surface area contributed by atoms with E-state index in [2.05, 4.69) is 10.1 Å². The van der Waals surface area contributed by atoms with Crippen LogP contribution in [-0.4, -0.2) is 54.0 Å². The van der Waals surface area contributed by atoms with Crippen LogP contribution in [0.3, 0.4) is 0 Å². The Labute approximate surface area is 205 Å². The van der Waals surface area contributed by atoms with E-state index < -0.39 is 27.6 Å². The molecule has 0 aliphatic rings. The van der Waals surface area contributed by atoms with Gasteiger partial charge in [-0.1, -0.05) is 11.3 Å². The molecule has 12 heteroatoms. The predicted octanol–water partition coefficient (Wildman–Crippen LogP) is 3.99. The van der Waals surface area contributed by atoms with E-state index in [-0.39, 0.29) is 32.4 Å². The molecule has 2 aromatic carbocycles. The summed E-state index contributed by atoms with van der Waals surface area (Å²) in [5, 5.41) is 4.61. The van der Waals surface area contributed by atoms with Gasteiger partial charge in [-0.25, -0.2) is 26.5 Å². The number of anilines is 1. The van der Waals surface area contributed by atoms with Crippen molar-refractivity contribution in [3.8, 4) is 0 Å². The fourth-order valence-electron chi connectivity index (χ4n) is 3.58. The number of aryl methyl sites for hydroxylation is 2. The highest BCUT2D eigenvalue weighted by Crippen LogP contribution is 2.32. The monoisotopic (exact) mass is 519 g/mol. The van der Waals surface area contributed by atoms with Crippen molar-refractivity contribution in [2.24, 2.45) is 0 Å². The van der Waals surface area contributed by atoms with Crippen LogP contribution in [0, 0.1) is 25.5 Å². The molecule has 0 fully saturated rings. The van der Waals surface area contributed by atoms with Crippen LogP contribution in [0.25, 0.3) is 10.2 Å². The molecular formula is C23H23F2N5O3S2. The smallest absolute Gasteiger partial charge is 0.260 e. The van der Waals surface area contributed by atoms with Gasteiger partial charge in [0.25, 0.3) is 5.91 Å². The molecule has 0 unspecified atom stereocenters. The molecule has 35 heavy (non-hydrogen) atoms. The van der Waals surface area contributed by atoms with E-state index >= 15 is 0 Å². The van der Waals surface area contributed by atoms with Crippen molar-refractivity contribution in [1.82, 2.24) is 19.1 Å². The molecule has 184 valence electrons. The summed E-state index contributed by atoms with van der Waals surface area (Å²) in [5.74, 6) is -2.00. The van der Waals surface area contributed by atoms with Gasteiger partial charge in [-0.15, -0.1) is 0 Å². The third-order valence-corrected chi connectivity index (χ3v) is 8.25. The number of carbonyl (C=O) groups is 1. The van der Waals surface area contributed by atoms with Gasteiger partial charge in [0.2, 0.25) is 10.0 Å². The average Bonchev–Trinajstić information content (AvgIpc) is 3.36. The Morgan fingerprint density at radius 1 is 1.09 bits per heavy atom. The number of hydrogen-bond acceptors (Lipinski definition) is 6. The quantitative estimate of drug-likeness (QED) is 0.369. The van der Waals surface area contributed by atoms with Crippen molar-refractivity contribution in [1.29, 1.82) is 0 Å². The Morgan fingerprint density at radius 3 is 2.37 bits per heavy atom. The summed E-state index contributed by atoms with van der Waals surface area (Å²) >= 11 is 0.994. The highest BCUT2D eigenvalue weighted by molar-refractivity contribution is 7.89. The molecule has 0 saturated carbocycles. The Bertz CT molecular complexity index is 1510. The average molecular weight is 520 g/mol. The van der Waals surface area contributed by atoms with E-state index in [9.17, 15) is 22.0 Å². The number of amides is 1. The maximum atomic E-state index is 14.3. The lowest BCUT2D eigenvalue weighted by molar-refractivity contribution is 0.0985. The lowest BCUT2D eigenvalue weighted by atomic mass is 10.2. The van der Waals surface area contributed by atoms with E-state index in [0.29, 0.717) is 6.54 Å². The molecule has 0 aliphatic carbocycles. The molecule has 0 radical (unpaired) electrons. The number of nitrogens with zero attached hydrogens (tertiary/aromatic N) is 5. The number of thiazole rings is 1. The van der Waals surface area contributed by atoms with Crippen LogP contribution in [0.4, 0.5) is 13.9 Å². The van der Waals surface area contributed by atoms with Gasteiger partial charge in [-0.05, 0) is 50.2 Å². The van der Waals surface area contributed by atoms with Crippen molar-refractivity contribution in [3.63, 3.8) is 0 Å².